The predicted molar refractivity (Wildman–Crippen MR) is 99.5 cm³/mol. The van der Waals surface area contributed by atoms with Gasteiger partial charge < -0.3 is 8.98 Å². The lowest BCUT2D eigenvalue weighted by molar-refractivity contribution is 0.557. The lowest BCUT2D eigenvalue weighted by atomic mass is 10.1. The van der Waals surface area contributed by atoms with Crippen LogP contribution in [0.2, 0.25) is 0 Å². The maximum absolute atomic E-state index is 12.6. The van der Waals surface area contributed by atoms with Crippen molar-refractivity contribution in [2.24, 2.45) is 14.1 Å². The Bertz CT molecular complexity index is 1360. The zero-order chi connectivity index (χ0) is 18.6. The number of aryl methyl sites for hydroxylation is 1. The van der Waals surface area contributed by atoms with E-state index in [0.717, 1.165) is 14.4 Å². The molecule has 4 rings (SSSR count). The fraction of sp³-hybridized carbons (Fsp3) is 0.176. The molecule has 0 bridgehead atoms. The van der Waals surface area contributed by atoms with Crippen LogP contribution in [0, 0.1) is 0 Å². The Morgan fingerprint density at radius 1 is 1.12 bits per heavy atom. The predicted octanol–water partition coefficient (Wildman–Crippen LogP) is 1.35. The smallest absolute Gasteiger partial charge is 0.336 e. The summed E-state index contributed by atoms with van der Waals surface area (Å²) in [6.45, 7) is 0.244. The van der Waals surface area contributed by atoms with Gasteiger partial charge in [-0.25, -0.2) is 14.6 Å². The second-order valence-electron chi connectivity index (χ2n) is 5.98. The monoisotopic (exact) mass is 416 g/mol. The molecule has 0 fully saturated rings. The van der Waals surface area contributed by atoms with E-state index >= 15 is 0 Å². The summed E-state index contributed by atoms with van der Waals surface area (Å²) in [6, 6.07) is 6.80. The van der Waals surface area contributed by atoms with Crippen LogP contribution >= 0.6 is 15.9 Å². The number of fused-ring (bicyclic) bond motifs is 2. The van der Waals surface area contributed by atoms with Gasteiger partial charge in [0.05, 0.1) is 12.9 Å². The van der Waals surface area contributed by atoms with E-state index in [1.807, 2.05) is 12.1 Å². The summed E-state index contributed by atoms with van der Waals surface area (Å²) in [6.07, 6.45) is 1.49. The van der Waals surface area contributed by atoms with E-state index in [-0.39, 0.29) is 6.54 Å². The molecule has 0 spiro atoms. The lowest BCUT2D eigenvalue weighted by Crippen LogP contribution is -2.37. The number of hydrogen-bond donors (Lipinski definition) is 0. The van der Waals surface area contributed by atoms with Gasteiger partial charge in [0.2, 0.25) is 0 Å². The number of benzene rings is 1. The minimum absolute atomic E-state index is 0.244. The van der Waals surface area contributed by atoms with Gasteiger partial charge in [0.15, 0.2) is 11.2 Å². The third-order valence-electron chi connectivity index (χ3n) is 4.35. The molecule has 0 amide bonds. The molecule has 0 aliphatic rings. The van der Waals surface area contributed by atoms with Gasteiger partial charge >= 0.3 is 11.3 Å². The third kappa shape index (κ3) is 2.43. The number of rotatable bonds is 2. The van der Waals surface area contributed by atoms with Crippen molar-refractivity contribution in [2.75, 3.05) is 0 Å². The van der Waals surface area contributed by atoms with Crippen molar-refractivity contribution in [1.82, 2.24) is 18.7 Å². The van der Waals surface area contributed by atoms with E-state index < -0.39 is 16.9 Å². The number of hydrogen-bond acceptors (Lipinski definition) is 5. The van der Waals surface area contributed by atoms with Crippen molar-refractivity contribution in [1.29, 1.82) is 0 Å². The molecular formula is C17H13BrN4O4. The first-order valence-corrected chi connectivity index (χ1v) is 8.49. The minimum Gasteiger partial charge on any atom is -0.423 e. The Hall–Kier alpha value is -2.94. The fourth-order valence-corrected chi connectivity index (χ4v) is 3.38. The molecule has 3 heterocycles. The van der Waals surface area contributed by atoms with Crippen LogP contribution in [0.4, 0.5) is 0 Å². The van der Waals surface area contributed by atoms with Gasteiger partial charge in [-0.05, 0) is 23.8 Å². The molecule has 132 valence electrons. The maximum Gasteiger partial charge on any atom is 0.336 e. The Balaban J connectivity index is 1.97. The summed E-state index contributed by atoms with van der Waals surface area (Å²) in [7, 11) is 2.98. The number of aromatic nitrogens is 4. The van der Waals surface area contributed by atoms with Crippen LogP contribution in [0.15, 0.2) is 53.9 Å². The lowest BCUT2D eigenvalue weighted by Gasteiger charge is -2.09. The summed E-state index contributed by atoms with van der Waals surface area (Å²) in [5.41, 5.74) is 0.390. The average Bonchev–Trinajstić information content (AvgIpc) is 3.01. The quantitative estimate of drug-likeness (QED) is 0.460. The minimum atomic E-state index is -0.477. The molecule has 8 nitrogen and oxygen atoms in total. The Morgan fingerprint density at radius 3 is 2.65 bits per heavy atom. The number of nitrogens with zero attached hydrogens (tertiary/aromatic N) is 4. The van der Waals surface area contributed by atoms with Crippen LogP contribution in [-0.4, -0.2) is 18.7 Å². The molecule has 0 aliphatic carbocycles. The molecule has 0 N–H and O–H groups in total. The third-order valence-corrected chi connectivity index (χ3v) is 4.84. The molecular weight excluding hydrogens is 404 g/mol. The molecule has 9 heteroatoms. The van der Waals surface area contributed by atoms with Gasteiger partial charge in [0.25, 0.3) is 5.56 Å². The number of imidazole rings is 1. The summed E-state index contributed by atoms with van der Waals surface area (Å²) in [5, 5.41) is 0.760. The van der Waals surface area contributed by atoms with E-state index in [4.69, 9.17) is 4.42 Å². The van der Waals surface area contributed by atoms with E-state index in [9.17, 15) is 14.4 Å². The van der Waals surface area contributed by atoms with Crippen molar-refractivity contribution in [3.05, 3.63) is 71.9 Å². The van der Waals surface area contributed by atoms with E-state index in [1.54, 1.807) is 17.7 Å². The Morgan fingerprint density at radius 2 is 1.88 bits per heavy atom. The van der Waals surface area contributed by atoms with Crippen LogP contribution in [0.3, 0.4) is 0 Å². The first kappa shape index (κ1) is 16.5. The highest BCUT2D eigenvalue weighted by atomic mass is 79.9. The molecule has 0 radical (unpaired) electrons. The molecule has 0 aliphatic heterocycles. The molecule has 4 aromatic rings. The van der Waals surface area contributed by atoms with Gasteiger partial charge in [-0.2, -0.15) is 0 Å². The van der Waals surface area contributed by atoms with Crippen molar-refractivity contribution in [3.63, 3.8) is 0 Å². The van der Waals surface area contributed by atoms with Gasteiger partial charge in [-0.15, -0.1) is 0 Å². The van der Waals surface area contributed by atoms with Crippen molar-refractivity contribution in [2.45, 2.75) is 6.54 Å². The fourth-order valence-electron chi connectivity index (χ4n) is 3.03. The molecule has 0 saturated heterocycles. The Kier molecular flexibility index (Phi) is 3.69. The van der Waals surface area contributed by atoms with Crippen LogP contribution in [0.1, 0.15) is 5.56 Å². The Labute approximate surface area is 154 Å². The van der Waals surface area contributed by atoms with Crippen molar-refractivity contribution >= 4 is 38.1 Å². The zero-order valence-electron chi connectivity index (χ0n) is 13.9. The van der Waals surface area contributed by atoms with Gasteiger partial charge in [-0.1, -0.05) is 15.9 Å². The topological polar surface area (TPSA) is 92.0 Å². The first-order valence-electron chi connectivity index (χ1n) is 7.70. The summed E-state index contributed by atoms with van der Waals surface area (Å²) < 4.78 is 10.0. The molecule has 0 atom stereocenters. The highest BCUT2D eigenvalue weighted by Gasteiger charge is 2.15. The molecule has 3 aromatic heterocycles. The van der Waals surface area contributed by atoms with Gasteiger partial charge in [-0.3, -0.25) is 13.9 Å². The normalized spacial score (nSPS) is 11.5. The average molecular weight is 417 g/mol. The first-order chi connectivity index (χ1) is 12.4. The van der Waals surface area contributed by atoms with Gasteiger partial charge in [0.1, 0.15) is 5.58 Å². The van der Waals surface area contributed by atoms with Crippen LogP contribution < -0.4 is 16.9 Å². The zero-order valence-corrected chi connectivity index (χ0v) is 15.5. The summed E-state index contributed by atoms with van der Waals surface area (Å²) >= 11 is 3.35. The van der Waals surface area contributed by atoms with Crippen LogP contribution in [0.25, 0.3) is 22.1 Å². The van der Waals surface area contributed by atoms with Crippen molar-refractivity contribution in [3.8, 4) is 0 Å². The number of halogens is 1. The van der Waals surface area contributed by atoms with Crippen molar-refractivity contribution < 1.29 is 4.42 Å². The largest absolute Gasteiger partial charge is 0.423 e. The van der Waals surface area contributed by atoms with Crippen LogP contribution in [0.5, 0.6) is 0 Å². The SMILES string of the molecule is Cn1c(=O)c2c(ncn2Cc2cc(=O)oc3cc(Br)ccc23)n(C)c1=O. The van der Waals surface area contributed by atoms with E-state index in [0.29, 0.717) is 22.3 Å². The standard InChI is InChI=1S/C17H13BrN4O4/c1-20-15-14(16(24)21(2)17(20)25)22(8-19-15)7-9-5-13(23)26-12-6-10(18)3-4-11(9)12/h3-6,8H,7H2,1-2H3. The van der Waals surface area contributed by atoms with Gasteiger partial charge in [0, 0.05) is 30.0 Å². The highest BCUT2D eigenvalue weighted by molar-refractivity contribution is 9.10. The van der Waals surface area contributed by atoms with E-state index in [2.05, 4.69) is 20.9 Å². The molecule has 1 aromatic carbocycles. The second-order valence-corrected chi connectivity index (χ2v) is 6.90. The van der Waals surface area contributed by atoms with Crippen LogP contribution in [-0.2, 0) is 20.6 Å². The molecule has 0 saturated carbocycles. The highest BCUT2D eigenvalue weighted by Crippen LogP contribution is 2.22. The summed E-state index contributed by atoms with van der Waals surface area (Å²) in [5.74, 6) is 0. The summed E-state index contributed by atoms with van der Waals surface area (Å²) in [4.78, 5) is 40.7. The maximum atomic E-state index is 12.6. The molecule has 0 unspecified atom stereocenters. The second kappa shape index (κ2) is 5.80. The van der Waals surface area contributed by atoms with E-state index in [1.165, 1.54) is 24.0 Å². The molecule has 26 heavy (non-hydrogen) atoms.